The molecule has 0 aliphatic carbocycles. The van der Waals surface area contributed by atoms with Crippen LogP contribution in [0.5, 0.6) is 0 Å². The maximum atomic E-state index is 12.1. The SMILES string of the molecule is CCN(C(=O)CC1CCNC1)C(C)CC(=O)O. The van der Waals surface area contributed by atoms with E-state index in [2.05, 4.69) is 5.32 Å². The molecule has 1 aliphatic heterocycles. The molecular weight excluding hydrogens is 220 g/mol. The van der Waals surface area contributed by atoms with Crippen molar-refractivity contribution in [2.75, 3.05) is 19.6 Å². The van der Waals surface area contributed by atoms with Gasteiger partial charge in [-0.1, -0.05) is 0 Å². The monoisotopic (exact) mass is 242 g/mol. The van der Waals surface area contributed by atoms with E-state index in [9.17, 15) is 9.59 Å². The first-order chi connectivity index (χ1) is 8.04. The van der Waals surface area contributed by atoms with Gasteiger partial charge in [0.2, 0.25) is 5.91 Å². The number of nitrogens with zero attached hydrogens (tertiary/aromatic N) is 1. The van der Waals surface area contributed by atoms with Crippen LogP contribution >= 0.6 is 0 Å². The minimum atomic E-state index is -0.855. The fourth-order valence-electron chi connectivity index (χ4n) is 2.35. The molecule has 2 N–H and O–H groups in total. The highest BCUT2D eigenvalue weighted by Crippen LogP contribution is 2.15. The van der Waals surface area contributed by atoms with Crippen LogP contribution in [0, 0.1) is 5.92 Å². The second-order valence-corrected chi connectivity index (χ2v) is 4.69. The van der Waals surface area contributed by atoms with Gasteiger partial charge in [0.25, 0.3) is 0 Å². The van der Waals surface area contributed by atoms with Gasteiger partial charge in [0, 0.05) is 19.0 Å². The van der Waals surface area contributed by atoms with Gasteiger partial charge >= 0.3 is 5.97 Å². The van der Waals surface area contributed by atoms with Gasteiger partial charge < -0.3 is 15.3 Å². The van der Waals surface area contributed by atoms with E-state index in [4.69, 9.17) is 5.11 Å². The van der Waals surface area contributed by atoms with Gasteiger partial charge in [-0.15, -0.1) is 0 Å². The van der Waals surface area contributed by atoms with E-state index < -0.39 is 5.97 Å². The average molecular weight is 242 g/mol. The van der Waals surface area contributed by atoms with Gasteiger partial charge in [-0.2, -0.15) is 0 Å². The molecule has 0 radical (unpaired) electrons. The summed E-state index contributed by atoms with van der Waals surface area (Å²) in [5.41, 5.74) is 0. The zero-order chi connectivity index (χ0) is 12.8. The van der Waals surface area contributed by atoms with Gasteiger partial charge in [-0.05, 0) is 39.3 Å². The van der Waals surface area contributed by atoms with Crippen LogP contribution in [-0.2, 0) is 9.59 Å². The van der Waals surface area contributed by atoms with Crippen LogP contribution in [-0.4, -0.2) is 47.6 Å². The van der Waals surface area contributed by atoms with E-state index in [1.165, 1.54) is 0 Å². The number of rotatable bonds is 6. The first-order valence-electron chi connectivity index (χ1n) is 6.26. The molecule has 0 saturated carbocycles. The number of carbonyl (C=O) groups is 2. The molecule has 0 aromatic rings. The quantitative estimate of drug-likeness (QED) is 0.719. The van der Waals surface area contributed by atoms with Crippen LogP contribution < -0.4 is 5.32 Å². The topological polar surface area (TPSA) is 69.6 Å². The second kappa shape index (κ2) is 6.59. The summed E-state index contributed by atoms with van der Waals surface area (Å²) in [6, 6.07) is -0.223. The summed E-state index contributed by atoms with van der Waals surface area (Å²) in [7, 11) is 0. The lowest BCUT2D eigenvalue weighted by Crippen LogP contribution is -2.40. The largest absolute Gasteiger partial charge is 0.481 e. The lowest BCUT2D eigenvalue weighted by atomic mass is 10.0. The summed E-state index contributed by atoms with van der Waals surface area (Å²) in [5, 5.41) is 12.0. The minimum absolute atomic E-state index is 0.0164. The molecule has 0 aromatic heterocycles. The van der Waals surface area contributed by atoms with Gasteiger partial charge in [0.05, 0.1) is 6.42 Å². The predicted octanol–water partition coefficient (Wildman–Crippen LogP) is 0.698. The summed E-state index contributed by atoms with van der Waals surface area (Å²) in [6.45, 7) is 6.14. The van der Waals surface area contributed by atoms with E-state index in [0.717, 1.165) is 19.5 Å². The van der Waals surface area contributed by atoms with Gasteiger partial charge in [-0.25, -0.2) is 0 Å². The summed E-state index contributed by atoms with van der Waals surface area (Å²) < 4.78 is 0. The number of carboxylic acid groups (broad SMARTS) is 1. The van der Waals surface area contributed by atoms with Crippen molar-refractivity contribution < 1.29 is 14.7 Å². The zero-order valence-corrected chi connectivity index (χ0v) is 10.6. The Morgan fingerprint density at radius 3 is 2.71 bits per heavy atom. The maximum Gasteiger partial charge on any atom is 0.305 e. The van der Waals surface area contributed by atoms with Crippen molar-refractivity contribution in [3.63, 3.8) is 0 Å². The fraction of sp³-hybridized carbons (Fsp3) is 0.833. The Labute approximate surface area is 102 Å². The van der Waals surface area contributed by atoms with E-state index in [1.54, 1.807) is 11.8 Å². The van der Waals surface area contributed by atoms with Crippen molar-refractivity contribution in [3.8, 4) is 0 Å². The molecule has 1 rings (SSSR count). The number of nitrogens with one attached hydrogen (secondary N) is 1. The van der Waals surface area contributed by atoms with Crippen molar-refractivity contribution in [1.29, 1.82) is 0 Å². The van der Waals surface area contributed by atoms with Crippen molar-refractivity contribution in [2.45, 2.75) is 39.2 Å². The molecule has 5 heteroatoms. The normalized spacial score (nSPS) is 21.2. The van der Waals surface area contributed by atoms with Gasteiger partial charge in [0.1, 0.15) is 0 Å². The maximum absolute atomic E-state index is 12.1. The molecule has 98 valence electrons. The molecule has 2 atom stereocenters. The number of aliphatic carboxylic acids is 1. The molecule has 0 aromatic carbocycles. The zero-order valence-electron chi connectivity index (χ0n) is 10.6. The van der Waals surface area contributed by atoms with Crippen LogP contribution in [0.25, 0.3) is 0 Å². The number of carboxylic acids is 1. The van der Waals surface area contributed by atoms with E-state index in [0.29, 0.717) is 18.9 Å². The molecule has 0 spiro atoms. The lowest BCUT2D eigenvalue weighted by molar-refractivity contribution is -0.140. The Morgan fingerprint density at radius 1 is 1.53 bits per heavy atom. The highest BCUT2D eigenvalue weighted by molar-refractivity contribution is 5.77. The third-order valence-corrected chi connectivity index (χ3v) is 3.29. The molecule has 1 fully saturated rings. The molecule has 1 saturated heterocycles. The smallest absolute Gasteiger partial charge is 0.305 e. The Kier molecular flexibility index (Phi) is 5.41. The molecule has 5 nitrogen and oxygen atoms in total. The van der Waals surface area contributed by atoms with Crippen LogP contribution in [0.15, 0.2) is 0 Å². The number of hydrogen-bond acceptors (Lipinski definition) is 3. The number of carbonyl (C=O) groups excluding carboxylic acids is 1. The molecular formula is C12H22N2O3. The standard InChI is InChI=1S/C12H22N2O3/c1-3-14(9(2)6-12(16)17)11(15)7-10-4-5-13-8-10/h9-10,13H,3-8H2,1-2H3,(H,16,17). The molecule has 1 aliphatic rings. The third-order valence-electron chi connectivity index (χ3n) is 3.29. The van der Waals surface area contributed by atoms with Crippen molar-refractivity contribution in [3.05, 3.63) is 0 Å². The third kappa shape index (κ3) is 4.34. The summed E-state index contributed by atoms with van der Waals surface area (Å²) in [5.74, 6) is -0.366. The minimum Gasteiger partial charge on any atom is -0.481 e. The highest BCUT2D eigenvalue weighted by atomic mass is 16.4. The lowest BCUT2D eigenvalue weighted by Gasteiger charge is -2.28. The number of hydrogen-bond donors (Lipinski definition) is 2. The highest BCUT2D eigenvalue weighted by Gasteiger charge is 2.24. The van der Waals surface area contributed by atoms with Crippen molar-refractivity contribution in [2.24, 2.45) is 5.92 Å². The van der Waals surface area contributed by atoms with Crippen LogP contribution in [0.4, 0.5) is 0 Å². The first-order valence-corrected chi connectivity index (χ1v) is 6.26. The predicted molar refractivity (Wildman–Crippen MR) is 64.7 cm³/mol. The van der Waals surface area contributed by atoms with E-state index in [-0.39, 0.29) is 18.4 Å². The Bertz CT molecular complexity index is 275. The second-order valence-electron chi connectivity index (χ2n) is 4.69. The Hall–Kier alpha value is -1.10. The molecule has 1 heterocycles. The number of amides is 1. The molecule has 17 heavy (non-hydrogen) atoms. The summed E-state index contributed by atoms with van der Waals surface area (Å²) >= 11 is 0. The van der Waals surface area contributed by atoms with Gasteiger partial charge in [0.15, 0.2) is 0 Å². The first kappa shape index (κ1) is 14.0. The Morgan fingerprint density at radius 2 is 2.24 bits per heavy atom. The van der Waals surface area contributed by atoms with Crippen molar-refractivity contribution >= 4 is 11.9 Å². The van der Waals surface area contributed by atoms with E-state index >= 15 is 0 Å². The van der Waals surface area contributed by atoms with E-state index in [1.807, 2.05) is 6.92 Å². The van der Waals surface area contributed by atoms with Gasteiger partial charge in [-0.3, -0.25) is 9.59 Å². The average Bonchev–Trinajstić information content (AvgIpc) is 2.70. The molecule has 0 bridgehead atoms. The summed E-state index contributed by atoms with van der Waals surface area (Å²) in [4.78, 5) is 24.4. The van der Waals surface area contributed by atoms with Crippen LogP contribution in [0.3, 0.4) is 0 Å². The van der Waals surface area contributed by atoms with Crippen molar-refractivity contribution in [1.82, 2.24) is 10.2 Å². The fourth-order valence-corrected chi connectivity index (χ4v) is 2.35. The molecule has 2 unspecified atom stereocenters. The van der Waals surface area contributed by atoms with Crippen LogP contribution in [0.1, 0.15) is 33.1 Å². The Balaban J connectivity index is 2.47. The van der Waals surface area contributed by atoms with Crippen LogP contribution in [0.2, 0.25) is 0 Å². The molecule has 1 amide bonds. The summed E-state index contributed by atoms with van der Waals surface area (Å²) in [6.07, 6.45) is 1.59.